The number of rotatable bonds is 7. The molecule has 0 aliphatic rings. The van der Waals surface area contributed by atoms with E-state index >= 15 is 0 Å². The van der Waals surface area contributed by atoms with Gasteiger partial charge in [-0.25, -0.2) is 8.78 Å². The molecule has 0 bridgehead atoms. The fourth-order valence-electron chi connectivity index (χ4n) is 1.66. The summed E-state index contributed by atoms with van der Waals surface area (Å²) in [5, 5.41) is 0. The van der Waals surface area contributed by atoms with Crippen LogP contribution in [-0.2, 0) is 15.9 Å². The number of hydrogen-bond donors (Lipinski definition) is 1. The first-order valence-corrected chi connectivity index (χ1v) is 6.01. The molecule has 0 heterocycles. The van der Waals surface area contributed by atoms with E-state index in [1.165, 1.54) is 12.1 Å². The van der Waals surface area contributed by atoms with Crippen molar-refractivity contribution < 1.29 is 18.3 Å². The second-order valence-corrected chi connectivity index (χ2v) is 3.88. The third-order valence-corrected chi connectivity index (χ3v) is 2.48. The normalized spacial score (nSPS) is 13.0. The van der Waals surface area contributed by atoms with Crippen LogP contribution in [0.25, 0.3) is 0 Å². The van der Waals surface area contributed by atoms with Crippen LogP contribution in [0, 0.1) is 11.6 Å². The van der Waals surface area contributed by atoms with Crippen molar-refractivity contribution in [1.82, 2.24) is 0 Å². The fraction of sp³-hybridized carbons (Fsp3) is 0.538. The van der Waals surface area contributed by atoms with Crippen LogP contribution in [0.4, 0.5) is 8.78 Å². The van der Waals surface area contributed by atoms with Gasteiger partial charge in [0.05, 0.1) is 6.04 Å². The van der Waals surface area contributed by atoms with E-state index in [1.54, 1.807) is 0 Å². The number of benzene rings is 1. The van der Waals surface area contributed by atoms with Gasteiger partial charge in [0.15, 0.2) is 6.29 Å². The van der Waals surface area contributed by atoms with Crippen molar-refractivity contribution in [2.45, 2.75) is 32.6 Å². The molecule has 0 saturated carbocycles. The maximum atomic E-state index is 13.5. The molecule has 0 spiro atoms. The predicted octanol–water partition coefficient (Wildman–Crippen LogP) is 2.23. The highest BCUT2D eigenvalue weighted by molar-refractivity contribution is 5.19. The standard InChI is InChI=1S/C13H19F2NO2/c1-3-17-13(18-4-2)12(16)7-9-5-6-10(14)8-11(9)15/h5-6,8,12-13H,3-4,7,16H2,1-2H3. The Morgan fingerprint density at radius 3 is 2.28 bits per heavy atom. The molecular weight excluding hydrogens is 240 g/mol. The molecule has 0 aliphatic heterocycles. The molecule has 2 N–H and O–H groups in total. The Balaban J connectivity index is 2.69. The molecule has 1 rings (SSSR count). The summed E-state index contributed by atoms with van der Waals surface area (Å²) in [6.07, 6.45) is -0.346. The zero-order valence-electron chi connectivity index (χ0n) is 10.7. The van der Waals surface area contributed by atoms with Crippen LogP contribution in [0.2, 0.25) is 0 Å². The smallest absolute Gasteiger partial charge is 0.172 e. The molecule has 3 nitrogen and oxygen atoms in total. The van der Waals surface area contributed by atoms with Crippen molar-refractivity contribution in [2.24, 2.45) is 5.73 Å². The average molecular weight is 259 g/mol. The van der Waals surface area contributed by atoms with E-state index in [9.17, 15) is 8.78 Å². The van der Waals surface area contributed by atoms with E-state index < -0.39 is 24.0 Å². The van der Waals surface area contributed by atoms with Gasteiger partial charge in [0, 0.05) is 19.3 Å². The van der Waals surface area contributed by atoms with Crippen LogP contribution in [0.3, 0.4) is 0 Å². The third-order valence-electron chi connectivity index (χ3n) is 2.48. The van der Waals surface area contributed by atoms with Gasteiger partial charge >= 0.3 is 0 Å². The van der Waals surface area contributed by atoms with Crippen molar-refractivity contribution in [3.63, 3.8) is 0 Å². The lowest BCUT2D eigenvalue weighted by Gasteiger charge is -2.23. The molecule has 102 valence electrons. The van der Waals surface area contributed by atoms with Crippen LogP contribution in [0.1, 0.15) is 19.4 Å². The Hall–Kier alpha value is -1.04. The highest BCUT2D eigenvalue weighted by Crippen LogP contribution is 2.13. The van der Waals surface area contributed by atoms with E-state index in [4.69, 9.17) is 15.2 Å². The highest BCUT2D eigenvalue weighted by Gasteiger charge is 2.20. The van der Waals surface area contributed by atoms with E-state index in [1.807, 2.05) is 13.8 Å². The Labute approximate surface area is 106 Å². The van der Waals surface area contributed by atoms with E-state index in [-0.39, 0.29) is 6.42 Å². The van der Waals surface area contributed by atoms with Crippen LogP contribution in [-0.4, -0.2) is 25.5 Å². The van der Waals surface area contributed by atoms with Gasteiger partial charge in [-0.2, -0.15) is 0 Å². The molecule has 1 aromatic rings. The average Bonchev–Trinajstić information content (AvgIpc) is 2.32. The molecule has 18 heavy (non-hydrogen) atoms. The molecule has 0 aromatic heterocycles. The van der Waals surface area contributed by atoms with Crippen LogP contribution < -0.4 is 5.73 Å². The number of ether oxygens (including phenoxy) is 2. The molecule has 1 unspecified atom stereocenters. The Morgan fingerprint density at radius 1 is 1.17 bits per heavy atom. The Morgan fingerprint density at radius 2 is 1.78 bits per heavy atom. The number of halogens is 2. The zero-order chi connectivity index (χ0) is 13.5. The van der Waals surface area contributed by atoms with Gasteiger partial charge in [0.2, 0.25) is 0 Å². The molecule has 0 amide bonds. The molecule has 0 fully saturated rings. The van der Waals surface area contributed by atoms with E-state index in [0.717, 1.165) is 6.07 Å². The van der Waals surface area contributed by atoms with Gasteiger partial charge < -0.3 is 15.2 Å². The summed E-state index contributed by atoms with van der Waals surface area (Å²) in [4.78, 5) is 0. The fourth-order valence-corrected chi connectivity index (χ4v) is 1.66. The summed E-state index contributed by atoms with van der Waals surface area (Å²) in [7, 11) is 0. The van der Waals surface area contributed by atoms with Crippen molar-refractivity contribution in [3.05, 3.63) is 35.4 Å². The minimum atomic E-state index is -0.601. The number of hydrogen-bond acceptors (Lipinski definition) is 3. The summed E-state index contributed by atoms with van der Waals surface area (Å²) in [5.74, 6) is -1.20. The van der Waals surface area contributed by atoms with E-state index in [0.29, 0.717) is 18.8 Å². The minimum absolute atomic E-state index is 0.233. The van der Waals surface area contributed by atoms with E-state index in [2.05, 4.69) is 0 Å². The number of nitrogens with two attached hydrogens (primary N) is 1. The lowest BCUT2D eigenvalue weighted by atomic mass is 10.1. The first kappa shape index (κ1) is 15.0. The summed E-state index contributed by atoms with van der Waals surface area (Å²) < 4.78 is 36.9. The maximum Gasteiger partial charge on any atom is 0.172 e. The SMILES string of the molecule is CCOC(OCC)C(N)Cc1ccc(F)cc1F. The maximum absolute atomic E-state index is 13.5. The van der Waals surface area contributed by atoms with Crippen molar-refractivity contribution in [2.75, 3.05) is 13.2 Å². The van der Waals surface area contributed by atoms with Crippen molar-refractivity contribution in [3.8, 4) is 0 Å². The third kappa shape index (κ3) is 4.33. The first-order valence-electron chi connectivity index (χ1n) is 6.01. The van der Waals surface area contributed by atoms with Gasteiger partial charge in [-0.15, -0.1) is 0 Å². The molecule has 0 radical (unpaired) electrons. The van der Waals surface area contributed by atoms with Gasteiger partial charge in [-0.1, -0.05) is 6.07 Å². The van der Waals surface area contributed by atoms with Gasteiger partial charge in [0.25, 0.3) is 0 Å². The summed E-state index contributed by atoms with van der Waals surface area (Å²) >= 11 is 0. The lowest BCUT2D eigenvalue weighted by molar-refractivity contribution is -0.148. The summed E-state index contributed by atoms with van der Waals surface area (Å²) in [6.45, 7) is 4.59. The molecule has 0 aliphatic carbocycles. The first-order chi connectivity index (χ1) is 8.58. The second-order valence-electron chi connectivity index (χ2n) is 3.88. The zero-order valence-corrected chi connectivity index (χ0v) is 10.7. The van der Waals surface area contributed by atoms with Gasteiger partial charge in [0.1, 0.15) is 11.6 Å². The summed E-state index contributed by atoms with van der Waals surface area (Å²) in [6, 6.07) is 2.95. The quantitative estimate of drug-likeness (QED) is 0.764. The van der Waals surface area contributed by atoms with Crippen LogP contribution in [0.5, 0.6) is 0 Å². The molecule has 1 atom stereocenters. The molecule has 5 heteroatoms. The van der Waals surface area contributed by atoms with Crippen molar-refractivity contribution >= 4 is 0 Å². The largest absolute Gasteiger partial charge is 0.351 e. The molecular formula is C13H19F2NO2. The molecule has 0 saturated heterocycles. The van der Waals surface area contributed by atoms with Gasteiger partial charge in [-0.3, -0.25) is 0 Å². The van der Waals surface area contributed by atoms with Crippen molar-refractivity contribution in [1.29, 1.82) is 0 Å². The summed E-state index contributed by atoms with van der Waals surface area (Å²) in [5.41, 5.74) is 6.27. The Bertz CT molecular complexity index is 368. The second kappa shape index (κ2) is 7.41. The predicted molar refractivity (Wildman–Crippen MR) is 65.1 cm³/mol. The van der Waals surface area contributed by atoms with Crippen LogP contribution in [0.15, 0.2) is 18.2 Å². The monoisotopic (exact) mass is 259 g/mol. The highest BCUT2D eigenvalue weighted by atomic mass is 19.1. The lowest BCUT2D eigenvalue weighted by Crippen LogP contribution is -2.40. The topological polar surface area (TPSA) is 44.5 Å². The van der Waals surface area contributed by atoms with Gasteiger partial charge in [-0.05, 0) is 31.9 Å². The Kier molecular flexibility index (Phi) is 6.18. The molecule has 1 aromatic carbocycles. The van der Waals surface area contributed by atoms with Crippen LogP contribution >= 0.6 is 0 Å². The minimum Gasteiger partial charge on any atom is -0.351 e.